The summed E-state index contributed by atoms with van der Waals surface area (Å²) in [5, 5.41) is 6.53. The molecule has 1 N–H and O–H groups in total. The Hall–Kier alpha value is -3.88. The van der Waals surface area contributed by atoms with Gasteiger partial charge in [0.1, 0.15) is 35.6 Å². The summed E-state index contributed by atoms with van der Waals surface area (Å²) in [6.45, 7) is -0.452. The van der Waals surface area contributed by atoms with Gasteiger partial charge >= 0.3 is 0 Å². The number of nitrogens with zero attached hydrogens (tertiary/aromatic N) is 4. The fourth-order valence-corrected chi connectivity index (χ4v) is 2.77. The molecule has 28 heavy (non-hydrogen) atoms. The first-order valence-corrected chi connectivity index (χ1v) is 8.27. The number of hydrogen-bond donors (Lipinski definition) is 1. The number of aromatic nitrogens is 4. The normalized spacial score (nSPS) is 10.9. The van der Waals surface area contributed by atoms with Crippen molar-refractivity contribution in [3.8, 4) is 5.69 Å². The van der Waals surface area contributed by atoms with Crippen LogP contribution in [0, 0.1) is 11.6 Å². The second-order valence-corrected chi connectivity index (χ2v) is 5.95. The van der Waals surface area contributed by atoms with Gasteiger partial charge < -0.3 is 5.32 Å². The van der Waals surface area contributed by atoms with Crippen LogP contribution in [0.15, 0.2) is 65.8 Å². The fourth-order valence-electron chi connectivity index (χ4n) is 2.77. The molecule has 0 bridgehead atoms. The molecular formula is C19H13F2N5O2. The number of rotatable bonds is 4. The lowest BCUT2D eigenvalue weighted by atomic mass is 10.3. The van der Waals surface area contributed by atoms with E-state index in [9.17, 15) is 18.4 Å². The number of halogens is 2. The minimum Gasteiger partial charge on any atom is -0.320 e. The molecule has 2 heterocycles. The number of para-hydroxylation sites is 2. The highest BCUT2D eigenvalue weighted by molar-refractivity contribution is 5.91. The average molecular weight is 381 g/mol. The van der Waals surface area contributed by atoms with Gasteiger partial charge in [-0.2, -0.15) is 5.10 Å². The van der Waals surface area contributed by atoms with Crippen molar-refractivity contribution in [2.75, 3.05) is 5.32 Å². The Labute approximate surface area is 156 Å². The van der Waals surface area contributed by atoms with Gasteiger partial charge in [0.15, 0.2) is 5.65 Å². The van der Waals surface area contributed by atoms with Crippen molar-refractivity contribution in [2.45, 2.75) is 6.54 Å². The summed E-state index contributed by atoms with van der Waals surface area (Å²) in [5.41, 5.74) is 0.0192. The summed E-state index contributed by atoms with van der Waals surface area (Å²) in [5.74, 6) is -2.57. The van der Waals surface area contributed by atoms with Crippen LogP contribution in [0.25, 0.3) is 16.7 Å². The maximum absolute atomic E-state index is 13.7. The van der Waals surface area contributed by atoms with Crippen molar-refractivity contribution in [3.63, 3.8) is 0 Å². The Morgan fingerprint density at radius 1 is 1.04 bits per heavy atom. The molecule has 0 aliphatic heterocycles. The first-order valence-electron chi connectivity index (χ1n) is 8.27. The van der Waals surface area contributed by atoms with Crippen molar-refractivity contribution in [1.29, 1.82) is 0 Å². The molecule has 2 aromatic heterocycles. The number of benzene rings is 2. The monoisotopic (exact) mass is 381 g/mol. The van der Waals surface area contributed by atoms with Crippen LogP contribution in [0.4, 0.5) is 14.5 Å². The minimum atomic E-state index is -0.904. The molecule has 2 aromatic carbocycles. The van der Waals surface area contributed by atoms with E-state index in [0.717, 1.165) is 22.4 Å². The van der Waals surface area contributed by atoms with Gasteiger partial charge in [0.05, 0.1) is 11.9 Å². The van der Waals surface area contributed by atoms with E-state index in [4.69, 9.17) is 0 Å². The molecule has 0 aliphatic carbocycles. The maximum Gasteiger partial charge on any atom is 0.264 e. The molecule has 0 saturated heterocycles. The second-order valence-electron chi connectivity index (χ2n) is 5.95. The Balaban J connectivity index is 1.63. The van der Waals surface area contributed by atoms with E-state index in [1.165, 1.54) is 23.3 Å². The molecule has 9 heteroatoms. The zero-order valence-electron chi connectivity index (χ0n) is 14.3. The van der Waals surface area contributed by atoms with E-state index < -0.39 is 35.3 Å². The van der Waals surface area contributed by atoms with Gasteiger partial charge in [0.2, 0.25) is 5.91 Å². The third-order valence-electron chi connectivity index (χ3n) is 4.10. The first kappa shape index (κ1) is 17.5. The van der Waals surface area contributed by atoms with Crippen molar-refractivity contribution in [2.24, 2.45) is 0 Å². The summed E-state index contributed by atoms with van der Waals surface area (Å²) < 4.78 is 29.9. The lowest BCUT2D eigenvalue weighted by Gasteiger charge is -2.09. The van der Waals surface area contributed by atoms with Gasteiger partial charge in [-0.15, -0.1) is 0 Å². The summed E-state index contributed by atoms with van der Waals surface area (Å²) in [4.78, 5) is 29.0. The smallest absolute Gasteiger partial charge is 0.264 e. The fraction of sp³-hybridized carbons (Fsp3) is 0.0526. The molecule has 0 unspecified atom stereocenters. The molecule has 4 rings (SSSR count). The Kier molecular flexibility index (Phi) is 4.40. The topological polar surface area (TPSA) is 81.8 Å². The van der Waals surface area contributed by atoms with Crippen LogP contribution in [-0.2, 0) is 11.3 Å². The van der Waals surface area contributed by atoms with Crippen molar-refractivity contribution < 1.29 is 13.6 Å². The van der Waals surface area contributed by atoms with Gasteiger partial charge in [-0.05, 0) is 24.3 Å². The van der Waals surface area contributed by atoms with Crippen LogP contribution in [-0.4, -0.2) is 25.2 Å². The highest BCUT2D eigenvalue weighted by Gasteiger charge is 2.15. The number of carbonyl (C=O) groups is 1. The number of nitrogens with one attached hydrogen (secondary N) is 1. The van der Waals surface area contributed by atoms with E-state index in [1.54, 1.807) is 0 Å². The van der Waals surface area contributed by atoms with Crippen LogP contribution >= 0.6 is 0 Å². The van der Waals surface area contributed by atoms with Crippen LogP contribution < -0.4 is 10.9 Å². The lowest BCUT2D eigenvalue weighted by Crippen LogP contribution is -2.28. The van der Waals surface area contributed by atoms with Crippen molar-refractivity contribution in [1.82, 2.24) is 19.3 Å². The second kappa shape index (κ2) is 7.03. The predicted molar refractivity (Wildman–Crippen MR) is 98.1 cm³/mol. The molecule has 1 amide bonds. The van der Waals surface area contributed by atoms with Gasteiger partial charge in [-0.25, -0.2) is 18.4 Å². The quantitative estimate of drug-likeness (QED) is 0.589. The van der Waals surface area contributed by atoms with Crippen molar-refractivity contribution >= 4 is 22.6 Å². The zero-order chi connectivity index (χ0) is 19.7. The van der Waals surface area contributed by atoms with Crippen LogP contribution in [0.1, 0.15) is 0 Å². The molecule has 0 saturated carbocycles. The van der Waals surface area contributed by atoms with Crippen LogP contribution in [0.3, 0.4) is 0 Å². The summed E-state index contributed by atoms with van der Waals surface area (Å²) >= 11 is 0. The highest BCUT2D eigenvalue weighted by atomic mass is 19.1. The van der Waals surface area contributed by atoms with E-state index in [2.05, 4.69) is 15.4 Å². The summed E-state index contributed by atoms with van der Waals surface area (Å²) in [6.07, 6.45) is 2.56. The molecule has 7 nitrogen and oxygen atoms in total. The molecule has 0 atom stereocenters. The largest absolute Gasteiger partial charge is 0.320 e. The summed E-state index contributed by atoms with van der Waals surface area (Å²) in [6, 6.07) is 12.4. The average Bonchev–Trinajstić information content (AvgIpc) is 3.13. The molecule has 0 aliphatic rings. The molecule has 0 radical (unpaired) electrons. The standard InChI is InChI=1S/C19H13F2N5O2/c20-14-7-4-8-15(21)17(14)24-16(27)10-25-11-22-18-13(19(25)28)9-23-26(18)12-5-2-1-3-6-12/h1-9,11H,10H2,(H,24,27). The van der Waals surface area contributed by atoms with E-state index in [1.807, 2.05) is 30.3 Å². The highest BCUT2D eigenvalue weighted by Crippen LogP contribution is 2.18. The van der Waals surface area contributed by atoms with E-state index in [-0.39, 0.29) is 5.39 Å². The molecular weight excluding hydrogens is 368 g/mol. The SMILES string of the molecule is O=C(Cn1cnc2c(cnn2-c2ccccc2)c1=O)Nc1c(F)cccc1F. The number of anilines is 1. The molecule has 0 spiro atoms. The van der Waals surface area contributed by atoms with Gasteiger partial charge in [-0.3, -0.25) is 14.2 Å². The number of fused-ring (bicyclic) bond motifs is 1. The maximum atomic E-state index is 13.7. The third kappa shape index (κ3) is 3.13. The van der Waals surface area contributed by atoms with Crippen LogP contribution in [0.5, 0.6) is 0 Å². The predicted octanol–water partition coefficient (Wildman–Crippen LogP) is 2.50. The molecule has 140 valence electrons. The first-order chi connectivity index (χ1) is 13.5. The summed E-state index contributed by atoms with van der Waals surface area (Å²) in [7, 11) is 0. The third-order valence-corrected chi connectivity index (χ3v) is 4.10. The number of amides is 1. The van der Waals surface area contributed by atoms with Gasteiger partial charge in [0.25, 0.3) is 5.56 Å². The van der Waals surface area contributed by atoms with Crippen molar-refractivity contribution in [3.05, 3.63) is 83.0 Å². The van der Waals surface area contributed by atoms with E-state index in [0.29, 0.717) is 5.65 Å². The number of carbonyl (C=O) groups excluding carboxylic acids is 1. The van der Waals surface area contributed by atoms with Gasteiger partial charge in [0, 0.05) is 0 Å². The lowest BCUT2D eigenvalue weighted by molar-refractivity contribution is -0.116. The van der Waals surface area contributed by atoms with E-state index >= 15 is 0 Å². The number of hydrogen-bond acceptors (Lipinski definition) is 4. The van der Waals surface area contributed by atoms with Crippen LogP contribution in [0.2, 0.25) is 0 Å². The molecule has 4 aromatic rings. The minimum absolute atomic E-state index is 0.219. The Morgan fingerprint density at radius 3 is 2.46 bits per heavy atom. The molecule has 0 fully saturated rings. The Bertz CT molecular complexity index is 1210. The Morgan fingerprint density at radius 2 is 1.75 bits per heavy atom. The zero-order valence-corrected chi connectivity index (χ0v) is 14.3. The van der Waals surface area contributed by atoms with Gasteiger partial charge in [-0.1, -0.05) is 24.3 Å².